The van der Waals surface area contributed by atoms with Crippen LogP contribution in [0.4, 0.5) is 0 Å². The summed E-state index contributed by atoms with van der Waals surface area (Å²) in [5.41, 5.74) is 3.37. The summed E-state index contributed by atoms with van der Waals surface area (Å²) >= 11 is 17.6. The number of alkyl halides is 1. The third-order valence-electron chi connectivity index (χ3n) is 2.92. The van der Waals surface area contributed by atoms with Crippen LogP contribution in [0.15, 0.2) is 30.6 Å². The summed E-state index contributed by atoms with van der Waals surface area (Å²) in [7, 11) is 0. The van der Waals surface area contributed by atoms with Gasteiger partial charge in [0.25, 0.3) is 0 Å². The average molecular weight is 328 g/mol. The number of benzene rings is 1. The number of hydrogen-bond donors (Lipinski definition) is 0. The Bertz CT molecular complexity index is 752. The molecule has 102 valence electrons. The van der Waals surface area contributed by atoms with Gasteiger partial charge in [-0.25, -0.2) is 9.97 Å². The minimum atomic E-state index is 0.113. The molecule has 3 aromatic rings. The summed E-state index contributed by atoms with van der Waals surface area (Å²) in [6.45, 7) is 0.628. The fraction of sp³-hybridized carbons (Fsp3) is 0.154. The zero-order valence-corrected chi connectivity index (χ0v) is 12.5. The van der Waals surface area contributed by atoms with E-state index in [2.05, 4.69) is 15.0 Å². The van der Waals surface area contributed by atoms with Crippen LogP contribution in [0, 0.1) is 0 Å². The van der Waals surface area contributed by atoms with Gasteiger partial charge in [-0.3, -0.25) is 0 Å². The Kier molecular flexibility index (Phi) is 3.78. The SMILES string of the molecule is ClCc1ccc(Cn2cnc3c(Cl)nc(Cl)nc32)cc1. The van der Waals surface area contributed by atoms with Gasteiger partial charge in [0, 0.05) is 5.88 Å². The lowest BCUT2D eigenvalue weighted by atomic mass is 10.1. The lowest BCUT2D eigenvalue weighted by molar-refractivity contribution is 0.813. The van der Waals surface area contributed by atoms with E-state index < -0.39 is 0 Å². The molecule has 3 rings (SSSR count). The van der Waals surface area contributed by atoms with Crippen molar-refractivity contribution in [1.29, 1.82) is 0 Å². The molecule has 0 saturated heterocycles. The standard InChI is InChI=1S/C13H9Cl3N4/c14-5-8-1-3-9(4-2-8)6-20-7-17-10-11(15)18-13(16)19-12(10)20/h1-4,7H,5-6H2. The van der Waals surface area contributed by atoms with E-state index >= 15 is 0 Å². The highest BCUT2D eigenvalue weighted by molar-refractivity contribution is 6.35. The molecule has 1 aromatic carbocycles. The molecule has 0 fully saturated rings. The fourth-order valence-electron chi connectivity index (χ4n) is 1.93. The molecule has 0 spiro atoms. The molecule has 0 atom stereocenters. The minimum absolute atomic E-state index is 0.113. The second-order valence-electron chi connectivity index (χ2n) is 4.28. The van der Waals surface area contributed by atoms with Gasteiger partial charge < -0.3 is 4.57 Å². The summed E-state index contributed by atoms with van der Waals surface area (Å²) in [6, 6.07) is 8.04. The lowest BCUT2D eigenvalue weighted by Crippen LogP contribution is -2.00. The van der Waals surface area contributed by atoms with Crippen LogP contribution < -0.4 is 0 Å². The van der Waals surface area contributed by atoms with Gasteiger partial charge in [-0.15, -0.1) is 11.6 Å². The number of imidazole rings is 1. The molecule has 0 aliphatic carbocycles. The average Bonchev–Trinajstić information content (AvgIpc) is 2.83. The second-order valence-corrected chi connectivity index (χ2v) is 5.24. The van der Waals surface area contributed by atoms with Crippen LogP contribution in [0.1, 0.15) is 11.1 Å². The molecule has 20 heavy (non-hydrogen) atoms. The van der Waals surface area contributed by atoms with Crippen molar-refractivity contribution < 1.29 is 0 Å². The van der Waals surface area contributed by atoms with Gasteiger partial charge >= 0.3 is 0 Å². The van der Waals surface area contributed by atoms with Crippen LogP contribution in [0.5, 0.6) is 0 Å². The Morgan fingerprint density at radius 3 is 2.40 bits per heavy atom. The van der Waals surface area contributed by atoms with Gasteiger partial charge in [0.2, 0.25) is 5.28 Å². The van der Waals surface area contributed by atoms with Crippen molar-refractivity contribution in [3.8, 4) is 0 Å². The van der Waals surface area contributed by atoms with Gasteiger partial charge in [0.05, 0.1) is 12.9 Å². The second kappa shape index (κ2) is 5.56. The first-order chi connectivity index (χ1) is 9.67. The number of nitrogens with zero attached hydrogens (tertiary/aromatic N) is 4. The van der Waals surface area contributed by atoms with Gasteiger partial charge in [-0.05, 0) is 22.7 Å². The highest BCUT2D eigenvalue weighted by atomic mass is 35.5. The van der Waals surface area contributed by atoms with Gasteiger partial charge in [0.15, 0.2) is 10.8 Å². The number of aromatic nitrogens is 4. The van der Waals surface area contributed by atoms with Crippen molar-refractivity contribution >= 4 is 46.0 Å². The van der Waals surface area contributed by atoms with E-state index in [1.54, 1.807) is 6.33 Å². The Morgan fingerprint density at radius 1 is 1.00 bits per heavy atom. The summed E-state index contributed by atoms with van der Waals surface area (Å²) in [4.78, 5) is 12.3. The molecule has 2 aromatic heterocycles. The quantitative estimate of drug-likeness (QED) is 0.416. The van der Waals surface area contributed by atoms with E-state index in [-0.39, 0.29) is 10.4 Å². The molecular formula is C13H9Cl3N4. The number of fused-ring (bicyclic) bond motifs is 1. The molecule has 0 amide bonds. The van der Waals surface area contributed by atoms with Gasteiger partial charge in [-0.2, -0.15) is 4.98 Å². The van der Waals surface area contributed by atoms with E-state index in [1.165, 1.54) is 0 Å². The Balaban J connectivity index is 1.97. The third-order valence-corrected chi connectivity index (χ3v) is 3.67. The molecule has 2 heterocycles. The van der Waals surface area contributed by atoms with Crippen LogP contribution in [-0.2, 0) is 12.4 Å². The summed E-state index contributed by atoms with van der Waals surface area (Å²) in [5, 5.41) is 0.373. The molecule has 0 N–H and O–H groups in total. The third kappa shape index (κ3) is 2.59. The topological polar surface area (TPSA) is 43.6 Å². The number of hydrogen-bond acceptors (Lipinski definition) is 3. The molecule has 0 radical (unpaired) electrons. The highest BCUT2D eigenvalue weighted by Crippen LogP contribution is 2.21. The fourth-order valence-corrected chi connectivity index (χ4v) is 2.53. The number of rotatable bonds is 3. The molecule has 4 nitrogen and oxygen atoms in total. The van der Waals surface area contributed by atoms with E-state index in [0.717, 1.165) is 11.1 Å². The monoisotopic (exact) mass is 326 g/mol. The minimum Gasteiger partial charge on any atom is -0.311 e. The van der Waals surface area contributed by atoms with E-state index in [9.17, 15) is 0 Å². The van der Waals surface area contributed by atoms with Crippen molar-refractivity contribution in [3.63, 3.8) is 0 Å². The van der Waals surface area contributed by atoms with Crippen molar-refractivity contribution in [3.05, 3.63) is 52.2 Å². The van der Waals surface area contributed by atoms with Crippen LogP contribution in [-0.4, -0.2) is 19.5 Å². The molecular weight excluding hydrogens is 319 g/mol. The van der Waals surface area contributed by atoms with E-state index in [0.29, 0.717) is 23.6 Å². The smallest absolute Gasteiger partial charge is 0.225 e. The highest BCUT2D eigenvalue weighted by Gasteiger charge is 2.11. The van der Waals surface area contributed by atoms with E-state index in [4.69, 9.17) is 34.8 Å². The van der Waals surface area contributed by atoms with E-state index in [1.807, 2.05) is 28.8 Å². The predicted octanol–water partition coefficient (Wildman–Crippen LogP) is 3.92. The maximum atomic E-state index is 5.99. The summed E-state index contributed by atoms with van der Waals surface area (Å²) in [5.74, 6) is 0.507. The van der Waals surface area contributed by atoms with Crippen LogP contribution in [0.2, 0.25) is 10.4 Å². The van der Waals surface area contributed by atoms with Crippen LogP contribution in [0.3, 0.4) is 0 Å². The van der Waals surface area contributed by atoms with Crippen molar-refractivity contribution in [1.82, 2.24) is 19.5 Å². The Morgan fingerprint density at radius 2 is 1.70 bits per heavy atom. The zero-order chi connectivity index (χ0) is 14.1. The first-order valence-corrected chi connectivity index (χ1v) is 7.14. The summed E-state index contributed by atoms with van der Waals surface area (Å²) in [6.07, 6.45) is 1.68. The molecule has 0 saturated carbocycles. The first kappa shape index (κ1) is 13.6. The normalized spacial score (nSPS) is 11.2. The maximum absolute atomic E-state index is 5.99. The van der Waals surface area contributed by atoms with Crippen LogP contribution >= 0.6 is 34.8 Å². The molecule has 0 bridgehead atoms. The maximum Gasteiger partial charge on any atom is 0.225 e. The predicted molar refractivity (Wildman–Crippen MR) is 80.4 cm³/mol. The molecule has 0 aliphatic rings. The van der Waals surface area contributed by atoms with Gasteiger partial charge in [-0.1, -0.05) is 35.9 Å². The first-order valence-electron chi connectivity index (χ1n) is 5.85. The Hall–Kier alpha value is -1.36. The van der Waals surface area contributed by atoms with Crippen molar-refractivity contribution in [2.45, 2.75) is 12.4 Å². The van der Waals surface area contributed by atoms with Crippen molar-refractivity contribution in [2.75, 3.05) is 0 Å². The number of halogens is 3. The molecule has 0 unspecified atom stereocenters. The molecule has 7 heteroatoms. The van der Waals surface area contributed by atoms with Crippen molar-refractivity contribution in [2.24, 2.45) is 0 Å². The molecule has 0 aliphatic heterocycles. The zero-order valence-electron chi connectivity index (χ0n) is 10.2. The van der Waals surface area contributed by atoms with Crippen LogP contribution in [0.25, 0.3) is 11.2 Å². The lowest BCUT2D eigenvalue weighted by Gasteiger charge is -2.05. The largest absolute Gasteiger partial charge is 0.311 e. The van der Waals surface area contributed by atoms with Gasteiger partial charge in [0.1, 0.15) is 5.52 Å². The Labute approximate surface area is 130 Å². The summed E-state index contributed by atoms with van der Waals surface area (Å²) < 4.78 is 1.88.